The van der Waals surface area contributed by atoms with Crippen LogP contribution in [0.25, 0.3) is 4.98 Å². The summed E-state index contributed by atoms with van der Waals surface area (Å²) in [6.07, 6.45) is -4.56. The molecule has 0 heterocycles. The fourth-order valence-electron chi connectivity index (χ4n) is 0.823. The molecule has 13 heavy (non-hydrogen) atoms. The van der Waals surface area contributed by atoms with Crippen molar-refractivity contribution in [1.29, 1.82) is 5.39 Å². The largest absolute Gasteiger partial charge is 0.424 e. The van der Waals surface area contributed by atoms with Gasteiger partial charge in [0, 0.05) is 11.1 Å². The molecule has 6 heteroatoms. The van der Waals surface area contributed by atoms with Crippen LogP contribution in [0.5, 0.6) is 0 Å². The van der Waals surface area contributed by atoms with Crippen molar-refractivity contribution in [3.63, 3.8) is 0 Å². The van der Waals surface area contributed by atoms with Gasteiger partial charge in [0.2, 0.25) is 5.39 Å². The third kappa shape index (κ3) is 2.10. The predicted molar refractivity (Wildman–Crippen MR) is 41.2 cm³/mol. The summed E-state index contributed by atoms with van der Waals surface area (Å²) in [6, 6.07) is 2.91. The average molecular weight is 208 g/mol. The Bertz CT molecular complexity index is 367. The normalized spacial score (nSPS) is 11.0. The van der Waals surface area contributed by atoms with Crippen LogP contribution in [-0.2, 0) is 6.18 Å². The molecule has 0 saturated carbocycles. The number of hydrogen-bond acceptors (Lipinski definition) is 1. The second-order valence-electron chi connectivity index (χ2n) is 2.26. The second kappa shape index (κ2) is 3.23. The quantitative estimate of drug-likeness (QED) is 0.594. The third-order valence-corrected chi connectivity index (χ3v) is 1.61. The van der Waals surface area contributed by atoms with Gasteiger partial charge in [-0.15, -0.1) is 0 Å². The second-order valence-corrected chi connectivity index (χ2v) is 2.70. The van der Waals surface area contributed by atoms with Gasteiger partial charge in [-0.3, -0.25) is 0 Å². The Morgan fingerprint density at radius 3 is 2.38 bits per heavy atom. The van der Waals surface area contributed by atoms with E-state index in [4.69, 9.17) is 17.0 Å². The van der Waals surface area contributed by atoms with E-state index in [0.717, 1.165) is 6.07 Å². The molecule has 0 spiro atoms. The predicted octanol–water partition coefficient (Wildman–Crippen LogP) is 3.84. The highest BCUT2D eigenvalue weighted by Crippen LogP contribution is 2.37. The maximum absolute atomic E-state index is 12.2. The summed E-state index contributed by atoms with van der Waals surface area (Å²) >= 11 is 5.36. The van der Waals surface area contributed by atoms with E-state index in [1.165, 1.54) is 6.07 Å². The van der Waals surface area contributed by atoms with Crippen molar-refractivity contribution in [1.82, 2.24) is 0 Å². The van der Waals surface area contributed by atoms with Gasteiger partial charge in [-0.25, -0.2) is 0 Å². The van der Waals surface area contributed by atoms with Crippen LogP contribution in [0.1, 0.15) is 5.56 Å². The number of benzene rings is 1. The van der Waals surface area contributed by atoms with E-state index in [1.54, 1.807) is 0 Å². The molecule has 0 aliphatic carbocycles. The van der Waals surface area contributed by atoms with Gasteiger partial charge in [-0.1, -0.05) is 11.6 Å². The molecule has 0 aliphatic heterocycles. The maximum atomic E-state index is 12.2. The van der Waals surface area contributed by atoms with E-state index in [2.05, 4.69) is 4.98 Å². The highest BCUT2D eigenvalue weighted by molar-refractivity contribution is 6.30. The lowest BCUT2D eigenvalue weighted by Crippen LogP contribution is -2.04. The van der Waals surface area contributed by atoms with Gasteiger partial charge in [0.15, 0.2) is 10.5 Å². The molecule has 1 rings (SSSR count). The third-order valence-electron chi connectivity index (χ3n) is 1.37. The van der Waals surface area contributed by atoms with Gasteiger partial charge >= 0.3 is 11.9 Å². The molecule has 68 valence electrons. The molecule has 1 aromatic carbocycles. The van der Waals surface area contributed by atoms with Crippen LogP contribution >= 0.6 is 11.6 Å². The van der Waals surface area contributed by atoms with E-state index in [1.807, 2.05) is 0 Å². The number of hydrogen-bond donors (Lipinski definition) is 0. The van der Waals surface area contributed by atoms with Crippen LogP contribution in [0, 0.1) is 5.39 Å². The lowest BCUT2D eigenvalue weighted by Gasteiger charge is -2.02. The molecule has 1 aromatic rings. The molecule has 0 atom stereocenters. The first-order chi connectivity index (χ1) is 5.95. The number of halogens is 4. The van der Waals surface area contributed by atoms with Crippen molar-refractivity contribution >= 4 is 17.3 Å². The summed E-state index contributed by atoms with van der Waals surface area (Å²) in [4.78, 5) is 2.50. The minimum Gasteiger partial charge on any atom is -0.166 e. The Hall–Kier alpha value is -1.28. The first-order valence-corrected chi connectivity index (χ1v) is 3.55. The van der Waals surface area contributed by atoms with Crippen LogP contribution in [0.15, 0.2) is 18.2 Å². The Balaban J connectivity index is 3.35. The summed E-state index contributed by atoms with van der Waals surface area (Å²) in [5.74, 6) is 0. The van der Waals surface area contributed by atoms with Crippen molar-refractivity contribution in [2.24, 2.45) is 0 Å². The summed E-state index contributed by atoms with van der Waals surface area (Å²) in [5, 5.41) is 8.20. The van der Waals surface area contributed by atoms with Crippen molar-refractivity contribution in [2.75, 3.05) is 0 Å². The highest BCUT2D eigenvalue weighted by Gasteiger charge is 2.38. The smallest absolute Gasteiger partial charge is 0.166 e. The van der Waals surface area contributed by atoms with Gasteiger partial charge in [0.1, 0.15) is 0 Å². The molecule has 0 bridgehead atoms. The number of diazo groups is 1. The molecular formula is C7H3ClF3N2+. The van der Waals surface area contributed by atoms with Gasteiger partial charge in [-0.05, 0) is 12.1 Å². The summed E-state index contributed by atoms with van der Waals surface area (Å²) in [6.45, 7) is 0. The van der Waals surface area contributed by atoms with Crippen molar-refractivity contribution < 1.29 is 13.2 Å². The maximum Gasteiger partial charge on any atom is 0.424 e. The highest BCUT2D eigenvalue weighted by atomic mass is 35.5. The van der Waals surface area contributed by atoms with E-state index in [0.29, 0.717) is 6.07 Å². The Kier molecular flexibility index (Phi) is 2.43. The molecule has 2 nitrogen and oxygen atoms in total. The summed E-state index contributed by atoms with van der Waals surface area (Å²) in [7, 11) is 0. The Morgan fingerprint density at radius 1 is 1.31 bits per heavy atom. The molecular weight excluding hydrogens is 205 g/mol. The molecule has 0 fully saturated rings. The van der Waals surface area contributed by atoms with Crippen molar-refractivity contribution in [3.8, 4) is 0 Å². The van der Waals surface area contributed by atoms with Crippen molar-refractivity contribution in [2.45, 2.75) is 6.18 Å². The van der Waals surface area contributed by atoms with Gasteiger partial charge in [-0.2, -0.15) is 13.2 Å². The monoisotopic (exact) mass is 207 g/mol. The molecule has 0 unspecified atom stereocenters. The summed E-state index contributed by atoms with van der Waals surface area (Å²) in [5.41, 5.74) is -1.60. The molecule has 0 aliphatic rings. The minimum atomic E-state index is -4.56. The molecule has 0 aromatic heterocycles. The SMILES string of the molecule is N#[N+]c1ccc(Cl)cc1C(F)(F)F. The molecule has 0 saturated heterocycles. The zero-order valence-electron chi connectivity index (χ0n) is 6.14. The lowest BCUT2D eigenvalue weighted by molar-refractivity contribution is -0.136. The average Bonchev–Trinajstić information content (AvgIpc) is 2.03. The Morgan fingerprint density at radius 2 is 1.92 bits per heavy atom. The van der Waals surface area contributed by atoms with E-state index in [9.17, 15) is 13.2 Å². The summed E-state index contributed by atoms with van der Waals surface area (Å²) < 4.78 is 36.6. The van der Waals surface area contributed by atoms with E-state index >= 15 is 0 Å². The van der Waals surface area contributed by atoms with Crippen LogP contribution in [0.3, 0.4) is 0 Å². The minimum absolute atomic E-state index is 0.0558. The van der Waals surface area contributed by atoms with Gasteiger partial charge < -0.3 is 0 Å². The fourth-order valence-corrected chi connectivity index (χ4v) is 0.995. The molecule has 0 amide bonds. The van der Waals surface area contributed by atoms with Gasteiger partial charge in [0.05, 0.1) is 0 Å². The zero-order chi connectivity index (χ0) is 10.1. The Labute approximate surface area is 76.6 Å². The van der Waals surface area contributed by atoms with Crippen LogP contribution in [0.4, 0.5) is 18.9 Å². The number of nitrogens with zero attached hydrogens (tertiary/aromatic N) is 2. The lowest BCUT2D eigenvalue weighted by atomic mass is 10.2. The number of alkyl halides is 3. The topological polar surface area (TPSA) is 28.1 Å². The first-order valence-electron chi connectivity index (χ1n) is 3.17. The molecule has 0 N–H and O–H groups in total. The standard InChI is InChI=1S/C7H3ClF3N2/c8-4-1-2-6(13-12)5(3-4)7(9,10)11/h1-3H/q+1. The van der Waals surface area contributed by atoms with Crippen LogP contribution < -0.4 is 0 Å². The first kappa shape index (κ1) is 9.81. The van der Waals surface area contributed by atoms with E-state index < -0.39 is 17.4 Å². The van der Waals surface area contributed by atoms with Crippen LogP contribution in [-0.4, -0.2) is 0 Å². The zero-order valence-corrected chi connectivity index (χ0v) is 6.89. The fraction of sp³-hybridized carbons (Fsp3) is 0.143. The van der Waals surface area contributed by atoms with Crippen molar-refractivity contribution in [3.05, 3.63) is 33.8 Å². The molecule has 0 radical (unpaired) electrons. The number of rotatable bonds is 0. The van der Waals surface area contributed by atoms with Gasteiger partial charge in [0.25, 0.3) is 0 Å². The van der Waals surface area contributed by atoms with E-state index in [-0.39, 0.29) is 5.02 Å². The van der Waals surface area contributed by atoms with Crippen LogP contribution in [0.2, 0.25) is 5.02 Å².